The predicted octanol–water partition coefficient (Wildman–Crippen LogP) is 7.47. The summed E-state index contributed by atoms with van der Waals surface area (Å²) in [5.74, 6) is 1.58. The highest BCUT2D eigenvalue weighted by molar-refractivity contribution is 9.10. The van der Waals surface area contributed by atoms with Crippen molar-refractivity contribution in [2.45, 2.75) is 57.5 Å². The van der Waals surface area contributed by atoms with Crippen LogP contribution >= 0.6 is 15.9 Å². The average Bonchev–Trinajstić information content (AvgIpc) is 3.02. The summed E-state index contributed by atoms with van der Waals surface area (Å²) in [5.41, 5.74) is 2.68. The minimum atomic E-state index is -0.791. The molecule has 0 atom stereocenters. The Balaban J connectivity index is 1.13. The quantitative estimate of drug-likeness (QED) is 0.106. The molecule has 1 saturated heterocycles. The van der Waals surface area contributed by atoms with Crippen LogP contribution in [0.25, 0.3) is 6.08 Å². The van der Waals surface area contributed by atoms with Gasteiger partial charge in [-0.2, -0.15) is 0 Å². The molecule has 3 aromatic rings. The van der Waals surface area contributed by atoms with E-state index in [-0.39, 0.29) is 23.3 Å². The number of ether oxygens (including phenoxy) is 2. The number of hydrogen-bond acceptors (Lipinski definition) is 7. The van der Waals surface area contributed by atoms with Crippen LogP contribution in [0, 0.1) is 27.9 Å². The van der Waals surface area contributed by atoms with Crippen molar-refractivity contribution in [2.75, 3.05) is 11.5 Å². The standard InChI is InChI=1S/C36H34BrN3O7/c1-2-46-31-16-22(15-30(37)32(31)47-20-21-4-3-5-28(13-21)40(44)45)14-29-33(41)38-35(43)39(34(29)42)27-8-6-26(7-9-27)36-17-23-10-24(18-36)12-25(11-23)19-36/h3-9,13-16,23-25H,2,10-12,17-20H2,1H3,(H,38,41,43)/b29-14+. The first-order valence-corrected chi connectivity index (χ1v) is 16.8. The maximum absolute atomic E-state index is 13.7. The molecule has 1 heterocycles. The van der Waals surface area contributed by atoms with Crippen LogP contribution in [0.15, 0.2) is 70.7 Å². The Bertz CT molecular complexity index is 1780. The van der Waals surface area contributed by atoms with E-state index in [1.165, 1.54) is 62.3 Å². The molecule has 4 amide bonds. The summed E-state index contributed by atoms with van der Waals surface area (Å²) in [6.45, 7) is 2.15. The molecule has 10 nitrogen and oxygen atoms in total. The van der Waals surface area contributed by atoms with E-state index in [4.69, 9.17) is 9.47 Å². The number of non-ortho nitro benzene ring substituents is 1. The van der Waals surface area contributed by atoms with Gasteiger partial charge in [-0.25, -0.2) is 9.69 Å². The third-order valence-electron chi connectivity index (χ3n) is 10.0. The lowest BCUT2D eigenvalue weighted by Gasteiger charge is -2.57. The summed E-state index contributed by atoms with van der Waals surface area (Å²) in [5, 5.41) is 13.5. The number of anilines is 1. The van der Waals surface area contributed by atoms with E-state index in [9.17, 15) is 24.5 Å². The summed E-state index contributed by atoms with van der Waals surface area (Å²) in [4.78, 5) is 51.3. The number of imide groups is 2. The fraction of sp³-hybridized carbons (Fsp3) is 0.361. The molecule has 11 heteroatoms. The molecule has 0 radical (unpaired) electrons. The van der Waals surface area contributed by atoms with E-state index < -0.39 is 22.8 Å². The van der Waals surface area contributed by atoms with Crippen LogP contribution in [0.1, 0.15) is 62.1 Å². The zero-order valence-electron chi connectivity index (χ0n) is 25.9. The summed E-state index contributed by atoms with van der Waals surface area (Å²) < 4.78 is 12.3. The van der Waals surface area contributed by atoms with E-state index in [1.807, 2.05) is 12.1 Å². The van der Waals surface area contributed by atoms with Crippen LogP contribution in [-0.2, 0) is 21.6 Å². The number of benzene rings is 3. The second-order valence-electron chi connectivity index (χ2n) is 13.2. The maximum atomic E-state index is 13.7. The SMILES string of the molecule is CCOc1cc(/C=C2\C(=O)NC(=O)N(c3ccc(C45CC6CC(CC(C6)C4)C5)cc3)C2=O)cc(Br)c1OCc1cccc([N+](=O)[O-])c1. The van der Waals surface area contributed by atoms with Crippen molar-refractivity contribution < 1.29 is 28.8 Å². The van der Waals surface area contributed by atoms with Crippen molar-refractivity contribution in [1.82, 2.24) is 5.32 Å². The van der Waals surface area contributed by atoms with Crippen LogP contribution in [0.4, 0.5) is 16.2 Å². The molecular weight excluding hydrogens is 666 g/mol. The molecule has 5 fully saturated rings. The summed E-state index contributed by atoms with van der Waals surface area (Å²) >= 11 is 3.50. The number of hydrogen-bond donors (Lipinski definition) is 1. The van der Waals surface area contributed by atoms with Crippen molar-refractivity contribution in [2.24, 2.45) is 17.8 Å². The highest BCUT2D eigenvalue weighted by Gasteiger charge is 2.51. The molecule has 4 aliphatic carbocycles. The van der Waals surface area contributed by atoms with Gasteiger partial charge in [-0.3, -0.25) is 25.0 Å². The molecule has 47 heavy (non-hydrogen) atoms. The van der Waals surface area contributed by atoms with Crippen molar-refractivity contribution in [3.8, 4) is 11.5 Å². The molecule has 5 aliphatic rings. The second-order valence-corrected chi connectivity index (χ2v) is 14.0. The van der Waals surface area contributed by atoms with E-state index in [0.29, 0.717) is 39.4 Å². The Morgan fingerprint density at radius 2 is 1.66 bits per heavy atom. The zero-order valence-corrected chi connectivity index (χ0v) is 27.5. The van der Waals surface area contributed by atoms with Crippen molar-refractivity contribution in [3.63, 3.8) is 0 Å². The van der Waals surface area contributed by atoms with Crippen molar-refractivity contribution >= 4 is 51.2 Å². The number of nitrogens with one attached hydrogen (secondary N) is 1. The highest BCUT2D eigenvalue weighted by atomic mass is 79.9. The Labute approximate surface area is 280 Å². The van der Waals surface area contributed by atoms with Crippen LogP contribution in [0.2, 0.25) is 0 Å². The minimum absolute atomic E-state index is 0.0421. The number of halogens is 1. The topological polar surface area (TPSA) is 128 Å². The number of nitro groups is 1. The molecule has 0 aromatic heterocycles. The van der Waals surface area contributed by atoms with Gasteiger partial charge in [-0.1, -0.05) is 24.3 Å². The maximum Gasteiger partial charge on any atom is 0.335 e. The van der Waals surface area contributed by atoms with E-state index in [0.717, 1.165) is 22.7 Å². The van der Waals surface area contributed by atoms with Crippen LogP contribution in [0.5, 0.6) is 11.5 Å². The van der Waals surface area contributed by atoms with Gasteiger partial charge >= 0.3 is 6.03 Å². The molecule has 8 rings (SSSR count). The van der Waals surface area contributed by atoms with Gasteiger partial charge in [-0.05, 0) is 132 Å². The number of barbiturate groups is 1. The van der Waals surface area contributed by atoms with Crippen molar-refractivity contribution in [1.29, 1.82) is 0 Å². The van der Waals surface area contributed by atoms with E-state index in [1.54, 1.807) is 31.2 Å². The molecule has 0 unspecified atom stereocenters. The Kier molecular flexibility index (Phi) is 8.11. The molecule has 4 bridgehead atoms. The Morgan fingerprint density at radius 3 is 2.30 bits per heavy atom. The number of urea groups is 1. The number of amides is 4. The van der Waals surface area contributed by atoms with E-state index in [2.05, 4.69) is 33.4 Å². The van der Waals surface area contributed by atoms with Gasteiger partial charge < -0.3 is 9.47 Å². The molecule has 3 aromatic carbocycles. The lowest BCUT2D eigenvalue weighted by molar-refractivity contribution is -0.384. The third-order valence-corrected chi connectivity index (χ3v) is 10.6. The summed E-state index contributed by atoms with van der Waals surface area (Å²) in [6, 6.07) is 16.4. The largest absolute Gasteiger partial charge is 0.490 e. The number of nitrogens with zero attached hydrogens (tertiary/aromatic N) is 2. The van der Waals surface area contributed by atoms with Gasteiger partial charge in [0.15, 0.2) is 11.5 Å². The van der Waals surface area contributed by atoms with Gasteiger partial charge in [0.2, 0.25) is 0 Å². The lowest BCUT2D eigenvalue weighted by atomic mass is 9.48. The lowest BCUT2D eigenvalue weighted by Crippen LogP contribution is -2.54. The molecular formula is C36H34BrN3O7. The number of nitro benzene ring substituents is 1. The fourth-order valence-corrected chi connectivity index (χ4v) is 9.05. The molecule has 1 N–H and O–H groups in total. The smallest absolute Gasteiger partial charge is 0.335 e. The third kappa shape index (κ3) is 5.93. The van der Waals surface area contributed by atoms with Crippen LogP contribution < -0.4 is 19.7 Å². The zero-order chi connectivity index (χ0) is 32.9. The minimum Gasteiger partial charge on any atom is -0.490 e. The van der Waals surface area contributed by atoms with E-state index >= 15 is 0 Å². The molecule has 1 aliphatic heterocycles. The second kappa shape index (κ2) is 12.3. The van der Waals surface area contributed by atoms with Gasteiger partial charge in [0.05, 0.1) is 21.7 Å². The number of carbonyl (C=O) groups excluding carboxylic acids is 3. The van der Waals surface area contributed by atoms with Crippen molar-refractivity contribution in [3.05, 3.63) is 97.5 Å². The average molecular weight is 701 g/mol. The van der Waals surface area contributed by atoms with Gasteiger partial charge in [0.25, 0.3) is 17.5 Å². The molecule has 4 saturated carbocycles. The summed E-state index contributed by atoms with van der Waals surface area (Å²) in [7, 11) is 0. The monoisotopic (exact) mass is 699 g/mol. The first kappa shape index (κ1) is 31.1. The Morgan fingerprint density at radius 1 is 0.979 bits per heavy atom. The number of rotatable bonds is 9. The van der Waals surface area contributed by atoms with Gasteiger partial charge in [-0.15, -0.1) is 0 Å². The molecule has 242 valence electrons. The predicted molar refractivity (Wildman–Crippen MR) is 178 cm³/mol. The fourth-order valence-electron chi connectivity index (χ4n) is 8.48. The van der Waals surface area contributed by atoms with Gasteiger partial charge in [0, 0.05) is 12.1 Å². The highest BCUT2D eigenvalue weighted by Crippen LogP contribution is 2.60. The van der Waals surface area contributed by atoms with Crippen LogP contribution in [0.3, 0.4) is 0 Å². The first-order chi connectivity index (χ1) is 22.6. The number of carbonyl (C=O) groups is 3. The summed E-state index contributed by atoms with van der Waals surface area (Å²) in [6.07, 6.45) is 9.09. The Hall–Kier alpha value is -4.51. The normalized spacial score (nSPS) is 25.7. The molecule has 0 spiro atoms. The first-order valence-electron chi connectivity index (χ1n) is 16.0. The van der Waals surface area contributed by atoms with Crippen LogP contribution in [-0.4, -0.2) is 29.4 Å². The van der Waals surface area contributed by atoms with Gasteiger partial charge in [0.1, 0.15) is 12.2 Å².